The number of hydrogen-bond donors (Lipinski definition) is 0. The van der Waals surface area contributed by atoms with Crippen molar-refractivity contribution in [2.45, 2.75) is 32.7 Å². The average Bonchev–Trinajstić information content (AvgIpc) is 2.43. The van der Waals surface area contributed by atoms with E-state index in [0.29, 0.717) is 6.61 Å². The van der Waals surface area contributed by atoms with Crippen molar-refractivity contribution >= 4 is 5.97 Å². The first kappa shape index (κ1) is 11.2. The van der Waals surface area contributed by atoms with Crippen LogP contribution in [-0.2, 0) is 19.0 Å². The lowest BCUT2D eigenvalue weighted by molar-refractivity contribution is -0.154. The smallest absolute Gasteiger partial charge is 0.330 e. The van der Waals surface area contributed by atoms with Crippen LogP contribution in [0.25, 0.3) is 0 Å². The van der Waals surface area contributed by atoms with Crippen molar-refractivity contribution in [3.8, 4) is 0 Å². The summed E-state index contributed by atoms with van der Waals surface area (Å²) in [5.74, 6) is -0.904. The summed E-state index contributed by atoms with van der Waals surface area (Å²) in [6.45, 7) is 6.14. The summed E-state index contributed by atoms with van der Waals surface area (Å²) < 4.78 is 15.7. The van der Waals surface area contributed by atoms with Gasteiger partial charge >= 0.3 is 5.97 Å². The van der Waals surface area contributed by atoms with E-state index >= 15 is 0 Å². The van der Waals surface area contributed by atoms with Gasteiger partial charge in [0.25, 0.3) is 0 Å². The topological polar surface area (TPSA) is 44.8 Å². The van der Waals surface area contributed by atoms with E-state index in [1.54, 1.807) is 13.0 Å². The molecule has 4 nitrogen and oxygen atoms in total. The molecule has 1 rings (SSSR count). The molecule has 0 spiro atoms. The predicted molar refractivity (Wildman–Crippen MR) is 50.7 cm³/mol. The Bertz CT molecular complexity index is 232. The summed E-state index contributed by atoms with van der Waals surface area (Å²) in [5.41, 5.74) is 0. The Hall–Kier alpha value is -0.870. The Labute approximate surface area is 83.8 Å². The van der Waals surface area contributed by atoms with Gasteiger partial charge in [0, 0.05) is 6.08 Å². The van der Waals surface area contributed by atoms with Gasteiger partial charge in [-0.25, -0.2) is 4.79 Å². The van der Waals surface area contributed by atoms with Crippen LogP contribution in [0.2, 0.25) is 0 Å². The number of allylic oxidation sites excluding steroid dienone is 1. The number of rotatable bonds is 3. The van der Waals surface area contributed by atoms with Crippen LogP contribution in [0.3, 0.4) is 0 Å². The molecule has 1 aliphatic heterocycles. The molecule has 14 heavy (non-hydrogen) atoms. The van der Waals surface area contributed by atoms with Crippen molar-refractivity contribution in [2.75, 3.05) is 13.2 Å². The van der Waals surface area contributed by atoms with Gasteiger partial charge in [-0.3, -0.25) is 0 Å². The molecule has 80 valence electrons. The Morgan fingerprint density at radius 2 is 2.36 bits per heavy atom. The van der Waals surface area contributed by atoms with E-state index in [2.05, 4.69) is 0 Å². The molecule has 0 aliphatic carbocycles. The molecule has 1 fully saturated rings. The second-order valence-electron chi connectivity index (χ2n) is 3.58. The summed E-state index contributed by atoms with van der Waals surface area (Å²) in [7, 11) is 0. The maximum Gasteiger partial charge on any atom is 0.330 e. The third kappa shape index (κ3) is 3.47. The van der Waals surface area contributed by atoms with Crippen LogP contribution in [0, 0.1) is 0 Å². The summed E-state index contributed by atoms with van der Waals surface area (Å²) in [5, 5.41) is 0. The van der Waals surface area contributed by atoms with Gasteiger partial charge in [0.1, 0.15) is 12.7 Å². The summed E-state index contributed by atoms with van der Waals surface area (Å²) in [6, 6.07) is 0. The first-order valence-corrected chi connectivity index (χ1v) is 4.65. The van der Waals surface area contributed by atoms with Crippen LogP contribution >= 0.6 is 0 Å². The molecule has 1 atom stereocenters. The number of carbonyl (C=O) groups is 1. The average molecular weight is 200 g/mol. The second kappa shape index (κ2) is 4.57. The number of ether oxygens (including phenoxy) is 3. The van der Waals surface area contributed by atoms with E-state index in [9.17, 15) is 4.79 Å². The highest BCUT2D eigenvalue weighted by atomic mass is 16.7. The van der Waals surface area contributed by atoms with Crippen molar-refractivity contribution in [1.29, 1.82) is 0 Å². The fourth-order valence-corrected chi connectivity index (χ4v) is 1.20. The molecule has 0 N–H and O–H groups in total. The number of carbonyl (C=O) groups excluding carboxylic acids is 1. The molecule has 1 heterocycles. The second-order valence-corrected chi connectivity index (χ2v) is 3.58. The first-order valence-electron chi connectivity index (χ1n) is 4.65. The van der Waals surface area contributed by atoms with Crippen molar-refractivity contribution < 1.29 is 19.0 Å². The molecule has 1 aliphatic rings. The maximum atomic E-state index is 11.0. The van der Waals surface area contributed by atoms with Crippen LogP contribution in [0.15, 0.2) is 12.2 Å². The molecular weight excluding hydrogens is 184 g/mol. The lowest BCUT2D eigenvalue weighted by Crippen LogP contribution is -2.24. The SMILES string of the molecule is CC=CC(=O)OCC1COC(C)(C)O1. The number of hydrogen-bond acceptors (Lipinski definition) is 4. The minimum absolute atomic E-state index is 0.154. The van der Waals surface area contributed by atoms with E-state index in [4.69, 9.17) is 14.2 Å². The van der Waals surface area contributed by atoms with Gasteiger partial charge in [-0.15, -0.1) is 0 Å². The zero-order valence-corrected chi connectivity index (χ0v) is 8.78. The Morgan fingerprint density at radius 3 is 2.86 bits per heavy atom. The fourth-order valence-electron chi connectivity index (χ4n) is 1.20. The molecule has 4 heteroatoms. The lowest BCUT2D eigenvalue weighted by atomic mass is 10.4. The maximum absolute atomic E-state index is 11.0. The highest BCUT2D eigenvalue weighted by Gasteiger charge is 2.33. The van der Waals surface area contributed by atoms with Gasteiger partial charge in [-0.05, 0) is 20.8 Å². The minimum Gasteiger partial charge on any atom is -0.460 e. The monoisotopic (exact) mass is 200 g/mol. The van der Waals surface area contributed by atoms with Crippen LogP contribution < -0.4 is 0 Å². The molecule has 0 bridgehead atoms. The largest absolute Gasteiger partial charge is 0.460 e. The normalized spacial score (nSPS) is 25.5. The number of esters is 1. The van der Waals surface area contributed by atoms with Gasteiger partial charge in [0.05, 0.1) is 6.61 Å². The van der Waals surface area contributed by atoms with Crippen molar-refractivity contribution in [3.63, 3.8) is 0 Å². The zero-order chi connectivity index (χ0) is 10.6. The minimum atomic E-state index is -0.558. The summed E-state index contributed by atoms with van der Waals surface area (Å²) in [4.78, 5) is 11.0. The predicted octanol–water partition coefficient (Wildman–Crippen LogP) is 1.26. The molecular formula is C10H16O4. The molecule has 0 amide bonds. The molecule has 1 saturated heterocycles. The van der Waals surface area contributed by atoms with E-state index < -0.39 is 5.79 Å². The Kier molecular flexibility index (Phi) is 3.66. The van der Waals surface area contributed by atoms with E-state index in [1.165, 1.54) is 6.08 Å². The summed E-state index contributed by atoms with van der Waals surface area (Å²) in [6.07, 6.45) is 2.86. The standard InChI is InChI=1S/C10H16O4/c1-4-5-9(11)12-6-8-7-13-10(2,3)14-8/h4-5,8H,6-7H2,1-3H3. The van der Waals surface area contributed by atoms with Crippen molar-refractivity contribution in [1.82, 2.24) is 0 Å². The van der Waals surface area contributed by atoms with Crippen molar-refractivity contribution in [3.05, 3.63) is 12.2 Å². The van der Waals surface area contributed by atoms with E-state index in [1.807, 2.05) is 13.8 Å². The molecule has 0 saturated carbocycles. The zero-order valence-electron chi connectivity index (χ0n) is 8.78. The lowest BCUT2D eigenvalue weighted by Gasteiger charge is -2.16. The van der Waals surface area contributed by atoms with Gasteiger partial charge in [0.15, 0.2) is 5.79 Å². The van der Waals surface area contributed by atoms with Crippen LogP contribution in [0.4, 0.5) is 0 Å². The molecule has 0 radical (unpaired) electrons. The Morgan fingerprint density at radius 1 is 1.64 bits per heavy atom. The van der Waals surface area contributed by atoms with Gasteiger partial charge in [-0.2, -0.15) is 0 Å². The third-order valence-corrected chi connectivity index (χ3v) is 1.78. The van der Waals surface area contributed by atoms with E-state index in [0.717, 1.165) is 0 Å². The van der Waals surface area contributed by atoms with Gasteiger partial charge < -0.3 is 14.2 Å². The fraction of sp³-hybridized carbons (Fsp3) is 0.700. The Balaban J connectivity index is 2.24. The molecule has 0 aromatic carbocycles. The quantitative estimate of drug-likeness (QED) is 0.508. The third-order valence-electron chi connectivity index (χ3n) is 1.78. The molecule has 0 aromatic rings. The van der Waals surface area contributed by atoms with Crippen LogP contribution in [0.5, 0.6) is 0 Å². The van der Waals surface area contributed by atoms with E-state index in [-0.39, 0.29) is 18.7 Å². The highest BCUT2D eigenvalue weighted by Crippen LogP contribution is 2.22. The van der Waals surface area contributed by atoms with Crippen LogP contribution in [0.1, 0.15) is 20.8 Å². The molecule has 0 aromatic heterocycles. The molecule has 1 unspecified atom stereocenters. The van der Waals surface area contributed by atoms with Crippen molar-refractivity contribution in [2.24, 2.45) is 0 Å². The highest BCUT2D eigenvalue weighted by molar-refractivity contribution is 5.81. The van der Waals surface area contributed by atoms with Gasteiger partial charge in [0.2, 0.25) is 0 Å². The summed E-state index contributed by atoms with van der Waals surface area (Å²) >= 11 is 0. The first-order chi connectivity index (χ1) is 6.53. The van der Waals surface area contributed by atoms with Crippen LogP contribution in [-0.4, -0.2) is 31.1 Å². The van der Waals surface area contributed by atoms with Gasteiger partial charge in [-0.1, -0.05) is 6.08 Å².